The number of nitrogens with zero attached hydrogens (tertiary/aromatic N) is 5. The number of aliphatic imine (C=N–C) groups is 1. The molecule has 2 aromatic rings. The van der Waals surface area contributed by atoms with Crippen LogP contribution in [0.15, 0.2) is 47.7 Å². The van der Waals surface area contributed by atoms with Crippen LogP contribution >= 0.6 is 11.6 Å². The molecule has 8 nitrogen and oxygen atoms in total. The quantitative estimate of drug-likeness (QED) is 0.513. The van der Waals surface area contributed by atoms with Crippen LogP contribution in [0.1, 0.15) is 12.0 Å². The zero-order valence-electron chi connectivity index (χ0n) is 17.2. The molecule has 0 spiro atoms. The molecule has 0 atom stereocenters. The molecule has 30 heavy (non-hydrogen) atoms. The molecule has 2 N–H and O–H groups in total. The van der Waals surface area contributed by atoms with Crippen LogP contribution in [0, 0.1) is 0 Å². The average molecular weight is 430 g/mol. The Morgan fingerprint density at radius 2 is 1.73 bits per heavy atom. The molecular formula is C21H28ClN7O. The Morgan fingerprint density at radius 1 is 1.07 bits per heavy atom. The van der Waals surface area contributed by atoms with Crippen molar-refractivity contribution in [3.63, 3.8) is 0 Å². The number of guanidine groups is 1. The highest BCUT2D eigenvalue weighted by molar-refractivity contribution is 6.30. The summed E-state index contributed by atoms with van der Waals surface area (Å²) >= 11 is 5.91. The Hall–Kier alpha value is -2.87. The summed E-state index contributed by atoms with van der Waals surface area (Å²) in [5.74, 6) is 1.57. The summed E-state index contributed by atoms with van der Waals surface area (Å²) in [6.07, 6.45) is 4.77. The van der Waals surface area contributed by atoms with Crippen LogP contribution in [-0.2, 0) is 11.2 Å². The lowest BCUT2D eigenvalue weighted by molar-refractivity contribution is -0.131. The fourth-order valence-electron chi connectivity index (χ4n) is 3.25. The van der Waals surface area contributed by atoms with Gasteiger partial charge in [0.1, 0.15) is 0 Å². The first-order valence-corrected chi connectivity index (χ1v) is 10.5. The molecule has 1 saturated heterocycles. The van der Waals surface area contributed by atoms with E-state index in [0.717, 1.165) is 37.0 Å². The monoisotopic (exact) mass is 429 g/mol. The van der Waals surface area contributed by atoms with Crippen molar-refractivity contribution in [3.8, 4) is 0 Å². The van der Waals surface area contributed by atoms with Crippen molar-refractivity contribution in [2.45, 2.75) is 12.8 Å². The minimum atomic E-state index is 0.146. The standard InChI is InChI=1S/C21H28ClN7O/c1-23-20(24-11-7-17-3-5-18(22)6-4-17)25-12-8-19(30)28-13-15-29(16-14-28)21-26-9-2-10-27-21/h2-6,9-10H,7-8,11-16H2,1H3,(H2,23,24,25). The number of carbonyl (C=O) groups excluding carboxylic acids is 1. The van der Waals surface area contributed by atoms with Gasteiger partial charge in [-0.1, -0.05) is 23.7 Å². The van der Waals surface area contributed by atoms with E-state index in [-0.39, 0.29) is 5.91 Å². The Balaban J connectivity index is 1.32. The van der Waals surface area contributed by atoms with Gasteiger partial charge in [-0.15, -0.1) is 0 Å². The van der Waals surface area contributed by atoms with Gasteiger partial charge in [-0.05, 0) is 30.2 Å². The number of benzene rings is 1. The van der Waals surface area contributed by atoms with E-state index in [1.54, 1.807) is 25.5 Å². The molecule has 0 aliphatic carbocycles. The second-order valence-corrected chi connectivity index (χ2v) is 7.41. The minimum absolute atomic E-state index is 0.146. The van der Waals surface area contributed by atoms with E-state index in [9.17, 15) is 4.79 Å². The lowest BCUT2D eigenvalue weighted by Gasteiger charge is -2.34. The number of aromatic nitrogens is 2. The number of hydrogen-bond donors (Lipinski definition) is 2. The molecule has 9 heteroatoms. The van der Waals surface area contributed by atoms with Gasteiger partial charge < -0.3 is 20.4 Å². The van der Waals surface area contributed by atoms with Crippen LogP contribution in [0.4, 0.5) is 5.95 Å². The van der Waals surface area contributed by atoms with Crippen LogP contribution in [0.2, 0.25) is 5.02 Å². The number of anilines is 1. The van der Waals surface area contributed by atoms with Crippen LogP contribution in [0.5, 0.6) is 0 Å². The van der Waals surface area contributed by atoms with E-state index in [2.05, 4.69) is 30.5 Å². The molecule has 2 heterocycles. The summed E-state index contributed by atoms with van der Waals surface area (Å²) in [7, 11) is 1.73. The molecule has 0 radical (unpaired) electrons. The minimum Gasteiger partial charge on any atom is -0.356 e. The third kappa shape index (κ3) is 6.59. The SMILES string of the molecule is CN=C(NCCC(=O)N1CCN(c2ncccn2)CC1)NCCc1ccc(Cl)cc1. The van der Waals surface area contributed by atoms with Crippen molar-refractivity contribution >= 4 is 29.4 Å². The van der Waals surface area contributed by atoms with Crippen molar-refractivity contribution in [3.05, 3.63) is 53.3 Å². The summed E-state index contributed by atoms with van der Waals surface area (Å²) in [4.78, 5) is 29.3. The summed E-state index contributed by atoms with van der Waals surface area (Å²) < 4.78 is 0. The van der Waals surface area contributed by atoms with Crippen LogP contribution in [0.25, 0.3) is 0 Å². The van der Waals surface area contributed by atoms with E-state index in [1.165, 1.54) is 5.56 Å². The zero-order chi connectivity index (χ0) is 21.2. The first-order chi connectivity index (χ1) is 14.7. The van der Waals surface area contributed by atoms with Gasteiger partial charge in [-0.3, -0.25) is 9.79 Å². The Kier molecular flexibility index (Phi) is 8.26. The first kappa shape index (κ1) is 21.8. The summed E-state index contributed by atoms with van der Waals surface area (Å²) in [6, 6.07) is 9.62. The highest BCUT2D eigenvalue weighted by Gasteiger charge is 2.22. The van der Waals surface area contributed by atoms with Crippen LogP contribution in [-0.4, -0.2) is 73.1 Å². The molecule has 1 amide bonds. The number of carbonyl (C=O) groups is 1. The molecule has 1 aromatic carbocycles. The van der Waals surface area contributed by atoms with E-state index < -0.39 is 0 Å². The van der Waals surface area contributed by atoms with Crippen molar-refractivity contribution in [2.75, 3.05) is 51.2 Å². The Morgan fingerprint density at radius 3 is 2.40 bits per heavy atom. The predicted molar refractivity (Wildman–Crippen MR) is 120 cm³/mol. The predicted octanol–water partition coefficient (Wildman–Crippen LogP) is 1.58. The van der Waals surface area contributed by atoms with Crippen molar-refractivity contribution in [1.29, 1.82) is 0 Å². The molecule has 1 aliphatic heterocycles. The fourth-order valence-corrected chi connectivity index (χ4v) is 3.38. The van der Waals surface area contributed by atoms with Crippen molar-refractivity contribution in [2.24, 2.45) is 4.99 Å². The number of amides is 1. The summed E-state index contributed by atoms with van der Waals surface area (Å²) in [6.45, 7) is 4.16. The van der Waals surface area contributed by atoms with E-state index in [0.29, 0.717) is 32.0 Å². The van der Waals surface area contributed by atoms with Gasteiger partial charge in [0.25, 0.3) is 0 Å². The fraction of sp³-hybridized carbons (Fsp3) is 0.429. The number of rotatable bonds is 7. The molecule has 1 aliphatic rings. The number of nitrogens with one attached hydrogen (secondary N) is 2. The third-order valence-corrected chi connectivity index (χ3v) is 5.19. The summed E-state index contributed by atoms with van der Waals surface area (Å²) in [5.41, 5.74) is 1.21. The Bertz CT molecular complexity index is 821. The summed E-state index contributed by atoms with van der Waals surface area (Å²) in [5, 5.41) is 7.22. The highest BCUT2D eigenvalue weighted by atomic mass is 35.5. The van der Waals surface area contributed by atoms with E-state index >= 15 is 0 Å². The van der Waals surface area contributed by atoms with Crippen molar-refractivity contribution < 1.29 is 4.79 Å². The van der Waals surface area contributed by atoms with E-state index in [4.69, 9.17) is 11.6 Å². The zero-order valence-corrected chi connectivity index (χ0v) is 18.0. The molecule has 160 valence electrons. The lowest BCUT2D eigenvalue weighted by atomic mass is 10.1. The smallest absolute Gasteiger partial charge is 0.225 e. The molecule has 0 unspecified atom stereocenters. The van der Waals surface area contributed by atoms with Gasteiger partial charge in [-0.2, -0.15) is 0 Å². The maximum absolute atomic E-state index is 12.5. The largest absolute Gasteiger partial charge is 0.356 e. The molecular weight excluding hydrogens is 402 g/mol. The molecule has 1 fully saturated rings. The van der Waals surface area contributed by atoms with Crippen molar-refractivity contribution in [1.82, 2.24) is 25.5 Å². The lowest BCUT2D eigenvalue weighted by Crippen LogP contribution is -2.50. The average Bonchev–Trinajstić information content (AvgIpc) is 2.80. The molecule has 0 saturated carbocycles. The van der Waals surface area contributed by atoms with Gasteiger partial charge in [0.2, 0.25) is 11.9 Å². The third-order valence-electron chi connectivity index (χ3n) is 4.94. The second-order valence-electron chi connectivity index (χ2n) is 6.97. The molecule has 1 aromatic heterocycles. The maximum atomic E-state index is 12.5. The molecule has 0 bridgehead atoms. The van der Waals surface area contributed by atoms with Gasteiger partial charge in [-0.25, -0.2) is 9.97 Å². The topological polar surface area (TPSA) is 85.8 Å². The van der Waals surface area contributed by atoms with Crippen LogP contribution < -0.4 is 15.5 Å². The second kappa shape index (κ2) is 11.3. The van der Waals surface area contributed by atoms with Gasteiger partial charge in [0.15, 0.2) is 5.96 Å². The van der Waals surface area contributed by atoms with Gasteiger partial charge >= 0.3 is 0 Å². The number of piperazine rings is 1. The number of halogens is 1. The van der Waals surface area contributed by atoms with Crippen LogP contribution in [0.3, 0.4) is 0 Å². The van der Waals surface area contributed by atoms with Gasteiger partial charge in [0.05, 0.1) is 0 Å². The molecule has 3 rings (SSSR count). The highest BCUT2D eigenvalue weighted by Crippen LogP contribution is 2.11. The Labute approximate surface area is 182 Å². The van der Waals surface area contributed by atoms with Gasteiger partial charge in [0, 0.05) is 70.2 Å². The van der Waals surface area contributed by atoms with E-state index in [1.807, 2.05) is 29.2 Å². The first-order valence-electron chi connectivity index (χ1n) is 10.1. The number of hydrogen-bond acceptors (Lipinski definition) is 5. The maximum Gasteiger partial charge on any atom is 0.225 e. The normalized spacial score (nSPS) is 14.5.